The Morgan fingerprint density at radius 1 is 1.47 bits per heavy atom. The van der Waals surface area contributed by atoms with Gasteiger partial charge in [0.05, 0.1) is 12.1 Å². The van der Waals surface area contributed by atoms with Crippen LogP contribution in [0.15, 0.2) is 4.99 Å². The van der Waals surface area contributed by atoms with Crippen LogP contribution in [0.25, 0.3) is 0 Å². The van der Waals surface area contributed by atoms with Gasteiger partial charge >= 0.3 is 0 Å². The van der Waals surface area contributed by atoms with Gasteiger partial charge < -0.3 is 10.6 Å². The molecule has 2 rings (SSSR count). The van der Waals surface area contributed by atoms with Gasteiger partial charge in [0.2, 0.25) is 0 Å². The van der Waals surface area contributed by atoms with Crippen molar-refractivity contribution < 1.29 is 0 Å². The maximum Gasteiger partial charge on any atom is 0.192 e. The number of hydrogen-bond donors (Lipinski definition) is 1. The Morgan fingerprint density at radius 2 is 2.24 bits per heavy atom. The van der Waals surface area contributed by atoms with E-state index in [2.05, 4.69) is 30.7 Å². The van der Waals surface area contributed by atoms with Crippen LogP contribution in [0.2, 0.25) is 0 Å². The van der Waals surface area contributed by atoms with Crippen LogP contribution >= 0.6 is 0 Å². The molecule has 3 unspecified atom stereocenters. The lowest BCUT2D eigenvalue weighted by Crippen LogP contribution is -2.60. The van der Waals surface area contributed by atoms with Crippen LogP contribution in [0.4, 0.5) is 0 Å². The molecule has 1 spiro atoms. The highest BCUT2D eigenvalue weighted by molar-refractivity contribution is 5.81. The van der Waals surface area contributed by atoms with E-state index in [1.807, 2.05) is 0 Å². The van der Waals surface area contributed by atoms with Gasteiger partial charge in [0.25, 0.3) is 0 Å². The lowest BCUT2D eigenvalue weighted by Gasteiger charge is -2.50. The topological polar surface area (TPSA) is 41.6 Å². The molecule has 2 N–H and O–H groups in total. The summed E-state index contributed by atoms with van der Waals surface area (Å²) in [5.41, 5.74) is 6.41. The summed E-state index contributed by atoms with van der Waals surface area (Å²) < 4.78 is 0. The zero-order valence-corrected chi connectivity index (χ0v) is 11.6. The van der Waals surface area contributed by atoms with E-state index in [1.54, 1.807) is 0 Å². The molecule has 0 aromatic carbocycles. The predicted molar refractivity (Wildman–Crippen MR) is 73.1 cm³/mol. The molecule has 3 nitrogen and oxygen atoms in total. The number of nitrogens with zero attached hydrogens (tertiary/aromatic N) is 2. The van der Waals surface area contributed by atoms with E-state index < -0.39 is 0 Å². The second kappa shape index (κ2) is 4.87. The first-order valence-corrected chi connectivity index (χ1v) is 7.25. The molecule has 17 heavy (non-hydrogen) atoms. The Balaban J connectivity index is 2.28. The van der Waals surface area contributed by atoms with Crippen molar-refractivity contribution in [1.29, 1.82) is 0 Å². The maximum atomic E-state index is 6.15. The van der Waals surface area contributed by atoms with Crippen LogP contribution in [0, 0.1) is 5.92 Å². The summed E-state index contributed by atoms with van der Waals surface area (Å²) in [6, 6.07) is 0.522. The lowest BCUT2D eigenvalue weighted by atomic mass is 9.70. The number of nitrogens with two attached hydrogens (primary N) is 1. The number of aliphatic imine (C=N–C) groups is 1. The predicted octanol–water partition coefficient (Wildman–Crippen LogP) is 2.75. The van der Waals surface area contributed by atoms with Crippen molar-refractivity contribution in [3.05, 3.63) is 0 Å². The Hall–Kier alpha value is -0.730. The summed E-state index contributed by atoms with van der Waals surface area (Å²) in [5.74, 6) is 1.56. The molecule has 1 heterocycles. The molecular formula is C14H27N3. The lowest BCUT2D eigenvalue weighted by molar-refractivity contribution is 0.0457. The molecule has 1 fully saturated rings. The average molecular weight is 237 g/mol. The van der Waals surface area contributed by atoms with Gasteiger partial charge in [0.15, 0.2) is 5.96 Å². The van der Waals surface area contributed by atoms with Crippen LogP contribution in [0.1, 0.15) is 59.3 Å². The third kappa shape index (κ3) is 1.94. The average Bonchev–Trinajstić information content (AvgIpc) is 2.67. The van der Waals surface area contributed by atoms with E-state index >= 15 is 0 Å². The van der Waals surface area contributed by atoms with E-state index in [1.165, 1.54) is 32.1 Å². The van der Waals surface area contributed by atoms with Crippen molar-refractivity contribution >= 4 is 5.96 Å². The molecule has 1 aliphatic heterocycles. The van der Waals surface area contributed by atoms with Crippen LogP contribution in [-0.4, -0.2) is 29.0 Å². The first-order valence-electron chi connectivity index (χ1n) is 7.25. The van der Waals surface area contributed by atoms with Gasteiger partial charge in [0.1, 0.15) is 0 Å². The minimum Gasteiger partial charge on any atom is -0.370 e. The van der Waals surface area contributed by atoms with E-state index in [9.17, 15) is 0 Å². The van der Waals surface area contributed by atoms with Crippen molar-refractivity contribution in [1.82, 2.24) is 4.90 Å². The molecule has 0 bridgehead atoms. The fraction of sp³-hybridized carbons (Fsp3) is 0.929. The molecule has 0 radical (unpaired) electrons. The minimum atomic E-state index is 0.256. The quantitative estimate of drug-likeness (QED) is 0.820. The van der Waals surface area contributed by atoms with E-state index in [-0.39, 0.29) is 5.54 Å². The first-order chi connectivity index (χ1) is 8.15. The fourth-order valence-corrected chi connectivity index (χ4v) is 3.85. The zero-order chi connectivity index (χ0) is 12.5. The molecule has 98 valence electrons. The molecule has 3 atom stereocenters. The molecule has 2 aliphatic rings. The van der Waals surface area contributed by atoms with Crippen molar-refractivity contribution in [2.24, 2.45) is 16.6 Å². The highest BCUT2D eigenvalue weighted by atomic mass is 15.4. The standard InChI is InChI=1S/C14H27N3/c1-4-11(3)17-13(15)16-10-14(17)9-7-6-8-12(14)5-2/h11-12H,4-10H2,1-3H3,(H2,15,16). The van der Waals surface area contributed by atoms with Crippen molar-refractivity contribution in [3.63, 3.8) is 0 Å². The number of hydrogen-bond acceptors (Lipinski definition) is 3. The van der Waals surface area contributed by atoms with Crippen LogP contribution in [0.5, 0.6) is 0 Å². The number of guanidine groups is 1. The summed E-state index contributed by atoms with van der Waals surface area (Å²) in [4.78, 5) is 7.04. The second-order valence-corrected chi connectivity index (χ2v) is 5.76. The molecule has 0 aromatic heterocycles. The van der Waals surface area contributed by atoms with Crippen LogP contribution in [0.3, 0.4) is 0 Å². The van der Waals surface area contributed by atoms with Gasteiger partial charge in [-0.15, -0.1) is 0 Å². The monoisotopic (exact) mass is 237 g/mol. The molecule has 0 aromatic rings. The highest BCUT2D eigenvalue weighted by Gasteiger charge is 2.49. The largest absolute Gasteiger partial charge is 0.370 e. The van der Waals surface area contributed by atoms with Gasteiger partial charge in [-0.1, -0.05) is 33.1 Å². The summed E-state index contributed by atoms with van der Waals surface area (Å²) >= 11 is 0. The van der Waals surface area contributed by atoms with Gasteiger partial charge in [0, 0.05) is 6.04 Å². The molecular weight excluding hydrogens is 210 g/mol. The van der Waals surface area contributed by atoms with Crippen molar-refractivity contribution in [2.45, 2.75) is 70.9 Å². The first kappa shape index (κ1) is 12.7. The highest BCUT2D eigenvalue weighted by Crippen LogP contribution is 2.44. The van der Waals surface area contributed by atoms with Gasteiger partial charge in [-0.3, -0.25) is 4.99 Å². The summed E-state index contributed by atoms with van der Waals surface area (Å²) in [6.45, 7) is 7.78. The van der Waals surface area contributed by atoms with Crippen LogP contribution in [-0.2, 0) is 0 Å². The molecule has 0 amide bonds. The van der Waals surface area contributed by atoms with Gasteiger partial charge in [-0.2, -0.15) is 0 Å². The minimum absolute atomic E-state index is 0.256. The summed E-state index contributed by atoms with van der Waals surface area (Å²) in [6.07, 6.45) is 7.76. The molecule has 1 aliphatic carbocycles. The second-order valence-electron chi connectivity index (χ2n) is 5.76. The van der Waals surface area contributed by atoms with Crippen molar-refractivity contribution in [3.8, 4) is 0 Å². The molecule has 3 heteroatoms. The third-order valence-electron chi connectivity index (χ3n) is 4.94. The normalized spacial score (nSPS) is 35.1. The van der Waals surface area contributed by atoms with E-state index in [4.69, 9.17) is 5.73 Å². The van der Waals surface area contributed by atoms with Crippen molar-refractivity contribution in [2.75, 3.05) is 6.54 Å². The Labute approximate surface area is 105 Å². The summed E-state index contributed by atoms with van der Waals surface area (Å²) in [7, 11) is 0. The van der Waals surface area contributed by atoms with E-state index in [0.29, 0.717) is 6.04 Å². The van der Waals surface area contributed by atoms with E-state index in [0.717, 1.165) is 24.8 Å². The maximum absolute atomic E-state index is 6.15. The molecule has 0 saturated heterocycles. The third-order valence-corrected chi connectivity index (χ3v) is 4.94. The fourth-order valence-electron chi connectivity index (χ4n) is 3.85. The zero-order valence-electron chi connectivity index (χ0n) is 11.6. The summed E-state index contributed by atoms with van der Waals surface area (Å²) in [5, 5.41) is 0. The van der Waals surface area contributed by atoms with Gasteiger partial charge in [-0.25, -0.2) is 0 Å². The Bertz CT molecular complexity index is 300. The SMILES string of the molecule is CCC(C)N1C(N)=NCC12CCCCC2CC. The van der Waals surface area contributed by atoms with Gasteiger partial charge in [-0.05, 0) is 32.1 Å². The Kier molecular flexibility index (Phi) is 3.64. The van der Waals surface area contributed by atoms with Crippen LogP contribution < -0.4 is 5.73 Å². The molecule has 1 saturated carbocycles. The Morgan fingerprint density at radius 3 is 2.88 bits per heavy atom. The number of rotatable bonds is 3. The smallest absolute Gasteiger partial charge is 0.192 e.